The van der Waals surface area contributed by atoms with E-state index < -0.39 is 5.97 Å². The molecule has 1 N–H and O–H groups in total. The molecule has 2 rings (SSSR count). The van der Waals surface area contributed by atoms with Gasteiger partial charge in [-0.2, -0.15) is 5.10 Å². The van der Waals surface area contributed by atoms with Crippen LogP contribution in [0.2, 0.25) is 5.15 Å². The van der Waals surface area contributed by atoms with E-state index >= 15 is 0 Å². The Hall–Kier alpha value is -1.20. The molecule has 0 saturated carbocycles. The van der Waals surface area contributed by atoms with E-state index in [0.717, 1.165) is 19.4 Å². The van der Waals surface area contributed by atoms with Crippen LogP contribution in [0.3, 0.4) is 0 Å². The first-order chi connectivity index (χ1) is 7.68. The van der Waals surface area contributed by atoms with Crippen LogP contribution in [-0.2, 0) is 11.2 Å². The molecule has 1 aliphatic heterocycles. The van der Waals surface area contributed by atoms with Gasteiger partial charge in [-0.15, -0.1) is 5.10 Å². The zero-order valence-corrected chi connectivity index (χ0v) is 9.28. The van der Waals surface area contributed by atoms with Crippen molar-refractivity contribution in [2.45, 2.75) is 25.4 Å². The summed E-state index contributed by atoms with van der Waals surface area (Å²) in [6.45, 7) is 0.735. The van der Waals surface area contributed by atoms with Crippen LogP contribution in [-0.4, -0.2) is 34.0 Å². The van der Waals surface area contributed by atoms with Gasteiger partial charge in [-0.25, -0.2) is 4.79 Å². The topological polar surface area (TPSA) is 72.3 Å². The van der Waals surface area contributed by atoms with Crippen LogP contribution >= 0.6 is 11.6 Å². The first-order valence-electron chi connectivity index (χ1n) is 5.03. The number of ether oxygens (including phenoxy) is 1. The van der Waals surface area contributed by atoms with Crippen molar-refractivity contribution in [2.75, 3.05) is 6.61 Å². The second-order valence-electron chi connectivity index (χ2n) is 3.68. The SMILES string of the molecule is O=C(O)c1c(CC2CCCO2)cnnc1Cl. The average molecular weight is 243 g/mol. The van der Waals surface area contributed by atoms with Gasteiger partial charge in [0.1, 0.15) is 5.56 Å². The number of carboxylic acids is 1. The van der Waals surface area contributed by atoms with Crippen LogP contribution in [0, 0.1) is 0 Å². The van der Waals surface area contributed by atoms with Crippen LogP contribution < -0.4 is 0 Å². The summed E-state index contributed by atoms with van der Waals surface area (Å²) in [5, 5.41) is 16.2. The molecule has 0 amide bonds. The van der Waals surface area contributed by atoms with Gasteiger partial charge in [-0.05, 0) is 18.4 Å². The van der Waals surface area contributed by atoms with E-state index in [1.54, 1.807) is 0 Å². The number of carbonyl (C=O) groups is 1. The number of hydrogen-bond donors (Lipinski definition) is 1. The molecule has 1 atom stereocenters. The number of aromatic carboxylic acids is 1. The van der Waals surface area contributed by atoms with Gasteiger partial charge in [0.05, 0.1) is 12.3 Å². The molecule has 0 aliphatic carbocycles. The van der Waals surface area contributed by atoms with Gasteiger partial charge in [0.25, 0.3) is 0 Å². The Labute approximate surface area is 97.4 Å². The summed E-state index contributed by atoms with van der Waals surface area (Å²) < 4.78 is 5.45. The zero-order valence-electron chi connectivity index (χ0n) is 8.52. The summed E-state index contributed by atoms with van der Waals surface area (Å²) in [6, 6.07) is 0. The van der Waals surface area contributed by atoms with Crippen LogP contribution in [0.15, 0.2) is 6.20 Å². The molecule has 1 saturated heterocycles. The van der Waals surface area contributed by atoms with E-state index in [0.29, 0.717) is 12.0 Å². The van der Waals surface area contributed by atoms with E-state index in [4.69, 9.17) is 21.4 Å². The number of rotatable bonds is 3. The van der Waals surface area contributed by atoms with Crippen molar-refractivity contribution in [3.63, 3.8) is 0 Å². The number of carboxylic acid groups (broad SMARTS) is 1. The Morgan fingerprint density at radius 3 is 3.12 bits per heavy atom. The van der Waals surface area contributed by atoms with Crippen molar-refractivity contribution in [3.05, 3.63) is 22.5 Å². The molecule has 1 fully saturated rings. The molecule has 1 unspecified atom stereocenters. The highest BCUT2D eigenvalue weighted by molar-refractivity contribution is 6.32. The van der Waals surface area contributed by atoms with Gasteiger partial charge in [0.15, 0.2) is 5.15 Å². The molecular weight excluding hydrogens is 232 g/mol. The Kier molecular flexibility index (Phi) is 3.36. The van der Waals surface area contributed by atoms with E-state index in [1.165, 1.54) is 6.20 Å². The van der Waals surface area contributed by atoms with Gasteiger partial charge < -0.3 is 9.84 Å². The summed E-state index contributed by atoms with van der Waals surface area (Å²) >= 11 is 5.71. The van der Waals surface area contributed by atoms with Crippen molar-refractivity contribution in [2.24, 2.45) is 0 Å². The third-order valence-corrected chi connectivity index (χ3v) is 2.84. The molecule has 1 aliphatic rings. The quantitative estimate of drug-likeness (QED) is 0.871. The Balaban J connectivity index is 2.25. The molecule has 5 nitrogen and oxygen atoms in total. The molecule has 0 bridgehead atoms. The molecule has 16 heavy (non-hydrogen) atoms. The monoisotopic (exact) mass is 242 g/mol. The fourth-order valence-corrected chi connectivity index (χ4v) is 2.07. The summed E-state index contributed by atoms with van der Waals surface area (Å²) in [5.41, 5.74) is 0.617. The fraction of sp³-hybridized carbons (Fsp3) is 0.500. The molecule has 0 spiro atoms. The standard InChI is InChI=1S/C10H11ClN2O3/c11-9-8(10(14)15)6(5-12-13-9)4-7-2-1-3-16-7/h5,7H,1-4H2,(H,14,15). The minimum Gasteiger partial charge on any atom is -0.478 e. The van der Waals surface area contributed by atoms with Crippen molar-refractivity contribution >= 4 is 17.6 Å². The van der Waals surface area contributed by atoms with E-state index in [1.807, 2.05) is 0 Å². The number of hydrogen-bond acceptors (Lipinski definition) is 4. The van der Waals surface area contributed by atoms with Gasteiger partial charge >= 0.3 is 5.97 Å². The van der Waals surface area contributed by atoms with Crippen molar-refractivity contribution < 1.29 is 14.6 Å². The fourth-order valence-electron chi connectivity index (χ4n) is 1.83. The highest BCUT2D eigenvalue weighted by atomic mass is 35.5. The van der Waals surface area contributed by atoms with Gasteiger partial charge in [0, 0.05) is 13.0 Å². The predicted molar refractivity (Wildman–Crippen MR) is 56.7 cm³/mol. The summed E-state index contributed by atoms with van der Waals surface area (Å²) in [5.74, 6) is -1.08. The van der Waals surface area contributed by atoms with Crippen molar-refractivity contribution in [1.29, 1.82) is 0 Å². The maximum atomic E-state index is 11.0. The minimum atomic E-state index is -1.08. The lowest BCUT2D eigenvalue weighted by molar-refractivity contribution is 0.0693. The van der Waals surface area contributed by atoms with Crippen molar-refractivity contribution in [1.82, 2.24) is 10.2 Å². The van der Waals surface area contributed by atoms with Crippen LogP contribution in [0.25, 0.3) is 0 Å². The summed E-state index contributed by atoms with van der Waals surface area (Å²) in [4.78, 5) is 11.0. The smallest absolute Gasteiger partial charge is 0.339 e. The largest absolute Gasteiger partial charge is 0.478 e. The maximum Gasteiger partial charge on any atom is 0.339 e. The zero-order chi connectivity index (χ0) is 11.5. The van der Waals surface area contributed by atoms with E-state index in [2.05, 4.69) is 10.2 Å². The van der Waals surface area contributed by atoms with Crippen LogP contribution in [0.1, 0.15) is 28.8 Å². The molecule has 6 heteroatoms. The number of aromatic nitrogens is 2. The first kappa shape index (κ1) is 11.3. The third kappa shape index (κ3) is 2.31. The normalized spacial score (nSPS) is 19.9. The minimum absolute atomic E-state index is 0.0344. The van der Waals surface area contributed by atoms with E-state index in [-0.39, 0.29) is 16.8 Å². The predicted octanol–water partition coefficient (Wildman–Crippen LogP) is 1.55. The Morgan fingerprint density at radius 2 is 2.50 bits per heavy atom. The van der Waals surface area contributed by atoms with Crippen LogP contribution in [0.4, 0.5) is 0 Å². The Morgan fingerprint density at radius 1 is 1.69 bits per heavy atom. The van der Waals surface area contributed by atoms with Gasteiger partial charge in [0.2, 0.25) is 0 Å². The number of nitrogens with zero attached hydrogens (tertiary/aromatic N) is 2. The molecule has 1 aromatic rings. The second-order valence-corrected chi connectivity index (χ2v) is 4.04. The number of halogens is 1. The average Bonchev–Trinajstić information content (AvgIpc) is 2.70. The highest BCUT2D eigenvalue weighted by Gasteiger charge is 2.22. The molecule has 86 valence electrons. The third-order valence-electron chi connectivity index (χ3n) is 2.57. The van der Waals surface area contributed by atoms with Gasteiger partial charge in [-0.3, -0.25) is 0 Å². The molecule has 0 radical (unpaired) electrons. The molecular formula is C10H11ClN2O3. The lowest BCUT2D eigenvalue weighted by Gasteiger charge is -2.11. The Bertz CT molecular complexity index is 405. The molecule has 1 aromatic heterocycles. The summed E-state index contributed by atoms with van der Waals surface area (Å²) in [7, 11) is 0. The second kappa shape index (κ2) is 4.76. The lowest BCUT2D eigenvalue weighted by atomic mass is 10.0. The summed E-state index contributed by atoms with van der Waals surface area (Å²) in [6.07, 6.45) is 3.99. The molecule has 0 aromatic carbocycles. The highest BCUT2D eigenvalue weighted by Crippen LogP contribution is 2.22. The first-order valence-corrected chi connectivity index (χ1v) is 5.41. The van der Waals surface area contributed by atoms with Crippen LogP contribution in [0.5, 0.6) is 0 Å². The molecule has 2 heterocycles. The van der Waals surface area contributed by atoms with E-state index in [9.17, 15) is 4.79 Å². The van der Waals surface area contributed by atoms with Crippen molar-refractivity contribution in [3.8, 4) is 0 Å². The lowest BCUT2D eigenvalue weighted by Crippen LogP contribution is -2.14. The van der Waals surface area contributed by atoms with Gasteiger partial charge in [-0.1, -0.05) is 11.6 Å². The maximum absolute atomic E-state index is 11.0.